The van der Waals surface area contributed by atoms with Gasteiger partial charge in [-0.1, -0.05) is 7.77 Å². The first-order chi connectivity index (χ1) is 16.9. The van der Waals surface area contributed by atoms with Gasteiger partial charge < -0.3 is 0 Å². The first-order valence-electron chi connectivity index (χ1n) is 7.76. The Morgan fingerprint density at radius 2 is 0.850 bits per heavy atom. The molecule has 0 aliphatic rings. The van der Waals surface area contributed by atoms with Crippen molar-refractivity contribution in [1.82, 2.24) is 5.32 Å². The maximum atomic E-state index is 14.4. The second-order valence-corrected chi connectivity index (χ2v) is 8.87. The summed E-state index contributed by atoms with van der Waals surface area (Å²) in [5, 5.41) is -17.3. The number of hydrogen-bond acceptors (Lipinski definition) is 8. The number of alkyl halides is 15. The minimum atomic E-state index is -8.31. The second kappa shape index (κ2) is 10.4. The van der Waals surface area contributed by atoms with Gasteiger partial charge in [0.15, 0.2) is 0 Å². The van der Waals surface area contributed by atoms with E-state index in [0.717, 1.165) is 0 Å². The molecule has 1 unspecified atom stereocenters. The van der Waals surface area contributed by atoms with Crippen LogP contribution < -0.4 is 5.32 Å². The van der Waals surface area contributed by atoms with E-state index in [1.165, 1.54) is 9.47 Å². The summed E-state index contributed by atoms with van der Waals surface area (Å²) in [6, 6.07) is 0. The fourth-order valence-electron chi connectivity index (χ4n) is 1.49. The monoisotopic (exact) mass is 691 g/mol. The summed E-state index contributed by atoms with van der Waals surface area (Å²) in [6.07, 6.45) is -42.7. The number of rotatable bonds is 14. The molecule has 0 radical (unpaired) electrons. The maximum absolute atomic E-state index is 14.4. The van der Waals surface area contributed by atoms with E-state index >= 15 is 0 Å². The summed E-state index contributed by atoms with van der Waals surface area (Å²) >= 11 is 0. The van der Waals surface area contributed by atoms with E-state index in [0.29, 0.717) is 0 Å². The molecule has 30 heteroatoms. The lowest BCUT2D eigenvalue weighted by Crippen LogP contribution is -2.70. The number of ether oxygens (including phenoxy) is 3. The molecule has 0 amide bonds. The molecule has 0 aromatic rings. The van der Waals surface area contributed by atoms with Crippen LogP contribution in [0.5, 0.6) is 0 Å². The molecular weight excluding hydrogens is 690 g/mol. The molecule has 0 bridgehead atoms. The molecule has 240 valence electrons. The van der Waals surface area contributed by atoms with Gasteiger partial charge in [-0.15, -0.1) is 0 Å². The van der Waals surface area contributed by atoms with Crippen LogP contribution in [0.4, 0.5) is 86.8 Å². The predicted octanol–water partition coefficient (Wildman–Crippen LogP) is 5.03. The van der Waals surface area contributed by atoms with Crippen molar-refractivity contribution >= 4 is 20.4 Å². The molecule has 0 aromatic carbocycles. The van der Waals surface area contributed by atoms with Crippen molar-refractivity contribution in [3.63, 3.8) is 0 Å². The lowest BCUT2D eigenvalue weighted by atomic mass is 10.4. The number of halogens is 20. The summed E-state index contributed by atoms with van der Waals surface area (Å²) < 4.78 is 305. The zero-order valence-electron chi connectivity index (χ0n) is 16.7. The average Bonchev–Trinajstić information content (AvgIpc) is 2.62. The first kappa shape index (κ1) is 38.1. The van der Waals surface area contributed by atoms with Gasteiger partial charge in [0.2, 0.25) is 0 Å². The van der Waals surface area contributed by atoms with Crippen LogP contribution in [0.15, 0.2) is 11.9 Å². The van der Waals surface area contributed by atoms with Crippen molar-refractivity contribution < 1.29 is 118 Å². The minimum Gasteiger partial charge on any atom is -0.256 e. The Morgan fingerprint density at radius 1 is 0.525 bits per heavy atom. The van der Waals surface area contributed by atoms with Gasteiger partial charge in [0, 0.05) is 0 Å². The molecular formula is C10HF20NO7S2. The Balaban J connectivity index is 7.15. The Kier molecular flexibility index (Phi) is 9.91. The van der Waals surface area contributed by atoms with Gasteiger partial charge in [-0.3, -0.25) is 4.74 Å². The van der Waals surface area contributed by atoms with Gasteiger partial charge >= 0.3 is 73.7 Å². The molecule has 0 aliphatic heterocycles. The fourth-order valence-corrected chi connectivity index (χ4v) is 2.14. The summed E-state index contributed by atoms with van der Waals surface area (Å²) in [5.74, 6) is -12.4. The molecule has 1 atom stereocenters. The number of hydrogen-bond donors (Lipinski definition) is 1. The molecule has 0 aromatic heterocycles. The van der Waals surface area contributed by atoms with Gasteiger partial charge in [-0.05, 0) is 0 Å². The second-order valence-electron chi connectivity index (χ2n) is 6.09. The molecule has 0 spiro atoms. The highest BCUT2D eigenvalue weighted by atomic mass is 32.3. The topological polar surface area (TPSA) is 108 Å². The highest BCUT2D eigenvalue weighted by Crippen LogP contribution is 2.51. The normalized spacial score (nSPS) is 17.0. The largest absolute Gasteiger partial charge is 0.464 e. The maximum Gasteiger partial charge on any atom is 0.464 e. The van der Waals surface area contributed by atoms with Crippen LogP contribution in [0.25, 0.3) is 0 Å². The summed E-state index contributed by atoms with van der Waals surface area (Å²) in [7, 11) is -16.6. The van der Waals surface area contributed by atoms with E-state index in [4.69, 9.17) is 0 Å². The van der Waals surface area contributed by atoms with Crippen LogP contribution in [0.1, 0.15) is 0 Å². The SMILES string of the molecule is O=S(=O)(F)C(F)(F)C(F)(F)OC(F)(F)C(F)(NC(F)(F)OC(F)(F)C(F)=C(F)F)OC(F)(F)C(F)(F)S(=O)(=O)F. The Labute approximate surface area is 203 Å². The van der Waals surface area contributed by atoms with Gasteiger partial charge in [0.25, 0.3) is 5.83 Å². The fraction of sp³-hybridized carbons (Fsp3) is 0.800. The molecule has 0 heterocycles. The quantitative estimate of drug-likeness (QED) is 0.117. The third-order valence-electron chi connectivity index (χ3n) is 3.17. The van der Waals surface area contributed by atoms with Crippen LogP contribution in [-0.4, -0.2) is 64.0 Å². The zero-order valence-corrected chi connectivity index (χ0v) is 18.4. The van der Waals surface area contributed by atoms with E-state index in [-0.39, 0.29) is 0 Å². The van der Waals surface area contributed by atoms with E-state index < -0.39 is 84.8 Å². The van der Waals surface area contributed by atoms with Crippen LogP contribution >= 0.6 is 0 Å². The minimum absolute atomic E-state index is 1.29. The summed E-state index contributed by atoms with van der Waals surface area (Å²) in [4.78, 5) is 0. The molecule has 1 N–H and O–H groups in total. The Bertz CT molecular complexity index is 1200. The van der Waals surface area contributed by atoms with Crippen LogP contribution in [0.2, 0.25) is 0 Å². The lowest BCUT2D eigenvalue weighted by molar-refractivity contribution is -0.526. The van der Waals surface area contributed by atoms with Gasteiger partial charge in [0.1, 0.15) is 0 Å². The van der Waals surface area contributed by atoms with Crippen molar-refractivity contribution in [2.75, 3.05) is 0 Å². The molecule has 0 fully saturated rings. The van der Waals surface area contributed by atoms with E-state index in [2.05, 4.69) is 0 Å². The van der Waals surface area contributed by atoms with Crippen LogP contribution in [0.3, 0.4) is 0 Å². The molecule has 0 aliphatic carbocycles. The average molecular weight is 691 g/mol. The van der Waals surface area contributed by atoms with Crippen molar-refractivity contribution in [3.05, 3.63) is 11.9 Å². The van der Waals surface area contributed by atoms with Gasteiger partial charge in [-0.25, -0.2) is 9.47 Å². The zero-order chi connectivity index (χ0) is 33.0. The lowest BCUT2D eigenvalue weighted by Gasteiger charge is -2.39. The molecule has 8 nitrogen and oxygen atoms in total. The predicted molar refractivity (Wildman–Crippen MR) is 75.3 cm³/mol. The van der Waals surface area contributed by atoms with Crippen LogP contribution in [0, 0.1) is 0 Å². The molecule has 0 rings (SSSR count). The van der Waals surface area contributed by atoms with Crippen molar-refractivity contribution in [3.8, 4) is 0 Å². The Hall–Kier alpha value is -1.92. The summed E-state index contributed by atoms with van der Waals surface area (Å²) in [5.41, 5.74) is 0. The molecule has 0 saturated carbocycles. The number of nitrogens with one attached hydrogen (secondary N) is 1. The van der Waals surface area contributed by atoms with Gasteiger partial charge in [0.05, 0.1) is 0 Å². The molecule has 0 saturated heterocycles. The standard InChI is InChI=1S/C10HF20NO7S2/c11-1(2(12)13)3(14,15)36-10(27,28)31-9(26,38-5(18,19)8(24,25)40(30,34)35)6(20,21)37-4(16,17)7(22,23)39(29,32)33/h31H. The highest BCUT2D eigenvalue weighted by molar-refractivity contribution is 7.87. The third-order valence-corrected chi connectivity index (χ3v) is 4.87. The van der Waals surface area contributed by atoms with Crippen molar-refractivity contribution in [1.29, 1.82) is 0 Å². The van der Waals surface area contributed by atoms with Gasteiger partial charge in [-0.2, -0.15) is 101 Å². The summed E-state index contributed by atoms with van der Waals surface area (Å²) in [6.45, 7) is 0. The third kappa shape index (κ3) is 7.47. The molecule has 40 heavy (non-hydrogen) atoms. The van der Waals surface area contributed by atoms with Crippen molar-refractivity contribution in [2.24, 2.45) is 0 Å². The van der Waals surface area contributed by atoms with Crippen LogP contribution in [-0.2, 0) is 34.7 Å². The first-order valence-corrected chi connectivity index (χ1v) is 10.5. The van der Waals surface area contributed by atoms with Crippen molar-refractivity contribution in [2.45, 2.75) is 47.2 Å². The van der Waals surface area contributed by atoms with E-state index in [9.17, 15) is 104 Å². The van der Waals surface area contributed by atoms with E-state index in [1.807, 2.05) is 0 Å². The Morgan fingerprint density at radius 3 is 1.15 bits per heavy atom. The smallest absolute Gasteiger partial charge is 0.256 e. The highest BCUT2D eigenvalue weighted by Gasteiger charge is 2.80. The van der Waals surface area contributed by atoms with E-state index in [1.54, 1.807) is 4.74 Å².